The van der Waals surface area contributed by atoms with Crippen molar-refractivity contribution >= 4 is 11.6 Å². The highest BCUT2D eigenvalue weighted by Gasteiger charge is 2.22. The van der Waals surface area contributed by atoms with Crippen LogP contribution in [0.25, 0.3) is 0 Å². The molecular formula is C19H25FN4O. The Morgan fingerprint density at radius 3 is 2.12 bits per heavy atom. The van der Waals surface area contributed by atoms with Crippen molar-refractivity contribution < 1.29 is 9.13 Å². The second-order valence-electron chi connectivity index (χ2n) is 6.15. The summed E-state index contributed by atoms with van der Waals surface area (Å²) in [4.78, 5) is 13.8. The molecule has 1 aromatic carbocycles. The number of benzene rings is 1. The van der Waals surface area contributed by atoms with Crippen LogP contribution >= 0.6 is 0 Å². The Kier molecular flexibility index (Phi) is 5.36. The average molecular weight is 344 g/mol. The Hall–Kier alpha value is -2.37. The molecule has 0 atom stereocenters. The zero-order valence-electron chi connectivity index (χ0n) is 15.1. The van der Waals surface area contributed by atoms with E-state index in [1.165, 1.54) is 12.1 Å². The van der Waals surface area contributed by atoms with Gasteiger partial charge in [0.2, 0.25) is 5.95 Å². The molecule has 0 aliphatic carbocycles. The monoisotopic (exact) mass is 344 g/mol. The minimum absolute atomic E-state index is 0.281. The van der Waals surface area contributed by atoms with E-state index in [0.29, 0.717) is 5.75 Å². The number of rotatable bonds is 5. The van der Waals surface area contributed by atoms with E-state index < -0.39 is 0 Å². The molecule has 0 saturated carbocycles. The van der Waals surface area contributed by atoms with E-state index in [1.54, 1.807) is 13.2 Å². The number of hydrogen-bond donors (Lipinski definition) is 0. The standard InChI is InChI=1S/C19H25FN4O/c1-4-15-13-16(5-2)22-19(21-15)24-10-8-23(9-11-24)17-7-6-14(20)12-18(17)25-3/h6-7,12-13H,4-5,8-11H2,1-3H3. The van der Waals surface area contributed by atoms with Gasteiger partial charge in [0.15, 0.2) is 0 Å². The SMILES string of the molecule is CCc1cc(CC)nc(N2CCN(c3ccc(F)cc3OC)CC2)n1. The summed E-state index contributed by atoms with van der Waals surface area (Å²) in [7, 11) is 1.57. The minimum atomic E-state index is -0.281. The molecular weight excluding hydrogens is 319 g/mol. The highest BCUT2D eigenvalue weighted by Crippen LogP contribution is 2.30. The lowest BCUT2D eigenvalue weighted by molar-refractivity contribution is 0.410. The molecule has 5 nitrogen and oxygen atoms in total. The lowest BCUT2D eigenvalue weighted by Gasteiger charge is -2.36. The summed E-state index contributed by atoms with van der Waals surface area (Å²) in [6.07, 6.45) is 1.82. The van der Waals surface area contributed by atoms with E-state index in [9.17, 15) is 4.39 Å². The van der Waals surface area contributed by atoms with Crippen molar-refractivity contribution in [2.75, 3.05) is 43.1 Å². The summed E-state index contributed by atoms with van der Waals surface area (Å²) in [5.41, 5.74) is 3.11. The summed E-state index contributed by atoms with van der Waals surface area (Å²) in [5, 5.41) is 0. The smallest absolute Gasteiger partial charge is 0.225 e. The lowest BCUT2D eigenvalue weighted by Crippen LogP contribution is -2.47. The summed E-state index contributed by atoms with van der Waals surface area (Å²) in [6, 6.07) is 6.78. The van der Waals surface area contributed by atoms with Crippen molar-refractivity contribution in [3.05, 3.63) is 41.5 Å². The van der Waals surface area contributed by atoms with Crippen LogP contribution in [0.1, 0.15) is 25.2 Å². The van der Waals surface area contributed by atoms with Gasteiger partial charge in [0.1, 0.15) is 11.6 Å². The quantitative estimate of drug-likeness (QED) is 0.834. The molecule has 1 saturated heterocycles. The number of methoxy groups -OCH3 is 1. The number of nitrogens with zero attached hydrogens (tertiary/aromatic N) is 4. The van der Waals surface area contributed by atoms with Crippen LogP contribution in [-0.4, -0.2) is 43.3 Å². The Morgan fingerprint density at radius 1 is 0.960 bits per heavy atom. The van der Waals surface area contributed by atoms with Gasteiger partial charge in [-0.1, -0.05) is 13.8 Å². The molecule has 25 heavy (non-hydrogen) atoms. The first-order valence-electron chi connectivity index (χ1n) is 8.84. The first-order chi connectivity index (χ1) is 12.1. The maximum Gasteiger partial charge on any atom is 0.225 e. The Bertz CT molecular complexity index is 707. The molecule has 0 amide bonds. The van der Waals surface area contributed by atoms with Crippen molar-refractivity contribution in [2.24, 2.45) is 0 Å². The molecule has 0 spiro atoms. The van der Waals surface area contributed by atoms with Crippen LogP contribution < -0.4 is 14.5 Å². The first kappa shape index (κ1) is 17.5. The lowest BCUT2D eigenvalue weighted by atomic mass is 10.2. The van der Waals surface area contributed by atoms with Gasteiger partial charge in [-0.2, -0.15) is 0 Å². The van der Waals surface area contributed by atoms with Crippen molar-refractivity contribution in [3.63, 3.8) is 0 Å². The highest BCUT2D eigenvalue weighted by atomic mass is 19.1. The number of aromatic nitrogens is 2. The van der Waals surface area contributed by atoms with Crippen LogP contribution in [0.4, 0.5) is 16.0 Å². The Morgan fingerprint density at radius 2 is 1.56 bits per heavy atom. The van der Waals surface area contributed by atoms with Gasteiger partial charge >= 0.3 is 0 Å². The maximum atomic E-state index is 13.4. The van der Waals surface area contributed by atoms with Gasteiger partial charge in [0.25, 0.3) is 0 Å². The number of hydrogen-bond acceptors (Lipinski definition) is 5. The number of halogens is 1. The Labute approximate surface area is 148 Å². The summed E-state index contributed by atoms with van der Waals surface area (Å²) in [6.45, 7) is 7.54. The fourth-order valence-electron chi connectivity index (χ4n) is 3.10. The van der Waals surface area contributed by atoms with Gasteiger partial charge in [0, 0.05) is 43.6 Å². The van der Waals surface area contributed by atoms with Crippen molar-refractivity contribution in [1.82, 2.24) is 9.97 Å². The molecule has 134 valence electrons. The number of ether oxygens (including phenoxy) is 1. The molecule has 1 fully saturated rings. The molecule has 1 aliphatic rings. The summed E-state index contributed by atoms with van der Waals surface area (Å²) in [5.74, 6) is 1.11. The van der Waals surface area contributed by atoms with Crippen LogP contribution in [0.2, 0.25) is 0 Å². The van der Waals surface area contributed by atoms with Gasteiger partial charge in [0.05, 0.1) is 12.8 Å². The van der Waals surface area contributed by atoms with Crippen LogP contribution in [0.3, 0.4) is 0 Å². The normalized spacial score (nSPS) is 14.7. The topological polar surface area (TPSA) is 41.5 Å². The largest absolute Gasteiger partial charge is 0.494 e. The van der Waals surface area contributed by atoms with Gasteiger partial charge in [-0.05, 0) is 31.0 Å². The van der Waals surface area contributed by atoms with E-state index in [4.69, 9.17) is 4.74 Å². The maximum absolute atomic E-state index is 13.4. The van der Waals surface area contributed by atoms with E-state index in [-0.39, 0.29) is 5.82 Å². The average Bonchev–Trinajstić information content (AvgIpc) is 2.67. The van der Waals surface area contributed by atoms with Crippen LogP contribution in [0, 0.1) is 5.82 Å². The predicted octanol–water partition coefficient (Wildman–Crippen LogP) is 3.08. The van der Waals surface area contributed by atoms with Gasteiger partial charge in [-0.3, -0.25) is 0 Å². The third-order valence-corrected chi connectivity index (χ3v) is 4.59. The zero-order valence-corrected chi connectivity index (χ0v) is 15.1. The predicted molar refractivity (Wildman–Crippen MR) is 98.2 cm³/mol. The highest BCUT2D eigenvalue weighted by molar-refractivity contribution is 5.59. The fraction of sp³-hybridized carbons (Fsp3) is 0.474. The van der Waals surface area contributed by atoms with Crippen LogP contribution in [0.5, 0.6) is 5.75 Å². The molecule has 2 aromatic rings. The summed E-state index contributed by atoms with van der Waals surface area (Å²) < 4.78 is 18.7. The zero-order chi connectivity index (χ0) is 17.8. The second-order valence-corrected chi connectivity index (χ2v) is 6.15. The molecule has 0 radical (unpaired) electrons. The van der Waals surface area contributed by atoms with Gasteiger partial charge in [-0.25, -0.2) is 14.4 Å². The molecule has 3 rings (SSSR count). The van der Waals surface area contributed by atoms with Gasteiger partial charge in [-0.15, -0.1) is 0 Å². The molecule has 2 heterocycles. The van der Waals surface area contributed by atoms with Gasteiger partial charge < -0.3 is 14.5 Å². The molecule has 0 unspecified atom stereocenters. The van der Waals surface area contributed by atoms with E-state index in [1.807, 2.05) is 0 Å². The first-order valence-corrected chi connectivity index (χ1v) is 8.84. The Balaban J connectivity index is 1.74. The molecule has 6 heteroatoms. The van der Waals surface area contributed by atoms with Crippen molar-refractivity contribution in [1.29, 1.82) is 0 Å². The molecule has 1 aliphatic heterocycles. The van der Waals surface area contributed by atoms with Crippen molar-refractivity contribution in [3.8, 4) is 5.75 Å². The molecule has 0 bridgehead atoms. The fourth-order valence-corrected chi connectivity index (χ4v) is 3.10. The summed E-state index contributed by atoms with van der Waals surface area (Å²) >= 11 is 0. The van der Waals surface area contributed by atoms with E-state index in [0.717, 1.165) is 62.0 Å². The van der Waals surface area contributed by atoms with Crippen molar-refractivity contribution in [2.45, 2.75) is 26.7 Å². The number of piperazine rings is 1. The number of anilines is 2. The third kappa shape index (κ3) is 3.83. The third-order valence-electron chi connectivity index (χ3n) is 4.59. The molecule has 1 aromatic heterocycles. The van der Waals surface area contributed by atoms with E-state index in [2.05, 4.69) is 39.7 Å². The van der Waals surface area contributed by atoms with Crippen LogP contribution in [0.15, 0.2) is 24.3 Å². The second kappa shape index (κ2) is 7.68. The van der Waals surface area contributed by atoms with E-state index >= 15 is 0 Å². The molecule has 0 N–H and O–H groups in total. The van der Waals surface area contributed by atoms with Crippen LogP contribution in [-0.2, 0) is 12.8 Å². The number of aryl methyl sites for hydroxylation is 2. The minimum Gasteiger partial charge on any atom is -0.494 e.